The number of rotatable bonds is 7. The fraction of sp³-hybridized carbons (Fsp3) is 0.265. The van der Waals surface area contributed by atoms with Gasteiger partial charge in [-0.3, -0.25) is 14.4 Å². The molecule has 3 unspecified atom stereocenters. The van der Waals surface area contributed by atoms with Gasteiger partial charge in [0.25, 0.3) is 5.91 Å². The lowest BCUT2D eigenvalue weighted by molar-refractivity contribution is -0.147. The van der Waals surface area contributed by atoms with Crippen molar-refractivity contribution < 1.29 is 39.5 Å². The van der Waals surface area contributed by atoms with Crippen molar-refractivity contribution in [2.24, 2.45) is 17.6 Å². The number of amides is 1. The molecule has 6 rings (SSSR count). The Labute approximate surface area is 253 Å². The summed E-state index contributed by atoms with van der Waals surface area (Å²) in [6, 6.07) is 18.9. The SMILES string of the molecule is COc1ccc(CNCc2ccc(-c3ccc(O)c4c3CC3CC5CC(=O)C(C(N)=O)=C(O)C5(O)C(=O)C3=C4O)cc2)cc1. The van der Waals surface area contributed by atoms with E-state index in [-0.39, 0.29) is 36.1 Å². The van der Waals surface area contributed by atoms with Crippen LogP contribution in [0.3, 0.4) is 0 Å². The van der Waals surface area contributed by atoms with Gasteiger partial charge in [-0.15, -0.1) is 0 Å². The molecule has 0 spiro atoms. The van der Waals surface area contributed by atoms with Gasteiger partial charge in [-0.1, -0.05) is 42.5 Å². The average Bonchev–Trinajstić information content (AvgIpc) is 3.00. The van der Waals surface area contributed by atoms with E-state index in [1.54, 1.807) is 13.2 Å². The Bertz CT molecular complexity index is 1760. The number of phenols is 1. The third kappa shape index (κ3) is 4.63. The maximum atomic E-state index is 13.7. The topological polar surface area (TPSA) is 179 Å². The van der Waals surface area contributed by atoms with Gasteiger partial charge in [0, 0.05) is 31.0 Å². The molecular formula is C34H32N2O8. The van der Waals surface area contributed by atoms with Crippen LogP contribution >= 0.6 is 0 Å². The number of hydrogen-bond donors (Lipinski definition) is 6. The van der Waals surface area contributed by atoms with Gasteiger partial charge < -0.3 is 36.2 Å². The second-order valence-corrected chi connectivity index (χ2v) is 11.5. The number of aliphatic hydroxyl groups is 3. The molecule has 0 saturated heterocycles. The molecule has 3 aromatic carbocycles. The van der Waals surface area contributed by atoms with Gasteiger partial charge in [-0.2, -0.15) is 0 Å². The number of nitrogens with two attached hydrogens (primary N) is 1. The summed E-state index contributed by atoms with van der Waals surface area (Å²) in [5.74, 6) is -5.65. The molecule has 0 bridgehead atoms. The summed E-state index contributed by atoms with van der Waals surface area (Å²) in [4.78, 5) is 38.2. The molecule has 226 valence electrons. The summed E-state index contributed by atoms with van der Waals surface area (Å²) in [5.41, 5.74) is 6.18. The number of carbonyl (C=O) groups is 3. The molecule has 0 heterocycles. The Morgan fingerprint density at radius 3 is 2.20 bits per heavy atom. The first-order valence-corrected chi connectivity index (χ1v) is 14.3. The van der Waals surface area contributed by atoms with Crippen LogP contribution in [0, 0.1) is 11.8 Å². The molecule has 0 aliphatic heterocycles. The van der Waals surface area contributed by atoms with Crippen LogP contribution in [0.2, 0.25) is 0 Å². The lowest BCUT2D eigenvalue weighted by Gasteiger charge is -2.46. The van der Waals surface area contributed by atoms with Crippen molar-refractivity contribution in [2.75, 3.05) is 7.11 Å². The number of benzene rings is 3. The van der Waals surface area contributed by atoms with E-state index in [4.69, 9.17) is 10.5 Å². The van der Waals surface area contributed by atoms with Crippen LogP contribution in [-0.2, 0) is 33.9 Å². The molecule has 10 heteroatoms. The largest absolute Gasteiger partial charge is 0.508 e. The van der Waals surface area contributed by atoms with E-state index in [9.17, 15) is 34.8 Å². The van der Waals surface area contributed by atoms with Crippen molar-refractivity contribution in [1.82, 2.24) is 5.32 Å². The number of aliphatic hydroxyl groups excluding tert-OH is 2. The highest BCUT2D eigenvalue weighted by molar-refractivity contribution is 6.22. The Balaban J connectivity index is 1.29. The number of ketones is 2. The molecule has 3 atom stereocenters. The second kappa shape index (κ2) is 11.0. The molecule has 0 radical (unpaired) electrons. The van der Waals surface area contributed by atoms with Crippen molar-refractivity contribution in [1.29, 1.82) is 0 Å². The molecule has 44 heavy (non-hydrogen) atoms. The second-order valence-electron chi connectivity index (χ2n) is 11.5. The number of Topliss-reactive ketones (excluding diaryl/α,β-unsaturated/α-hetero) is 2. The van der Waals surface area contributed by atoms with Gasteiger partial charge >= 0.3 is 0 Å². The van der Waals surface area contributed by atoms with Crippen LogP contribution in [0.15, 0.2) is 77.6 Å². The minimum atomic E-state index is -2.58. The first-order chi connectivity index (χ1) is 21.0. The molecule has 1 amide bonds. The highest BCUT2D eigenvalue weighted by atomic mass is 16.5. The zero-order valence-corrected chi connectivity index (χ0v) is 24.0. The third-order valence-corrected chi connectivity index (χ3v) is 9.03. The average molecular weight is 597 g/mol. The van der Waals surface area contributed by atoms with E-state index in [0.717, 1.165) is 28.0 Å². The smallest absolute Gasteiger partial charge is 0.255 e. The summed E-state index contributed by atoms with van der Waals surface area (Å²) in [6.07, 6.45) is -0.0388. The molecule has 3 aliphatic carbocycles. The third-order valence-electron chi connectivity index (χ3n) is 9.03. The summed E-state index contributed by atoms with van der Waals surface area (Å²) in [5, 5.41) is 47.7. The zero-order valence-electron chi connectivity index (χ0n) is 24.0. The minimum Gasteiger partial charge on any atom is -0.508 e. The quantitative estimate of drug-likeness (QED) is 0.223. The molecule has 1 fully saturated rings. The van der Waals surface area contributed by atoms with Gasteiger partial charge in [-0.25, -0.2) is 0 Å². The standard InChI is InChI=1S/C34H32N2O8/c1-44-22-8-4-18(5-9-22)16-36-15-17-2-6-19(7-3-17)23-10-11-25(37)28-24(23)13-20-12-21-14-26(38)29(33(35)42)32(41)34(21,43)31(40)27(20)30(28)39/h2-11,20-21,36-37,39,41,43H,12-16H2,1H3,(H2,35,42). The molecule has 0 aromatic heterocycles. The first kappa shape index (κ1) is 29.2. The van der Waals surface area contributed by atoms with Crippen molar-refractivity contribution in [2.45, 2.75) is 38.0 Å². The Kier molecular flexibility index (Phi) is 7.27. The summed E-state index contributed by atoms with van der Waals surface area (Å²) < 4.78 is 5.20. The monoisotopic (exact) mass is 596 g/mol. The number of nitrogens with one attached hydrogen (secondary N) is 1. The van der Waals surface area contributed by atoms with Gasteiger partial charge in [0.2, 0.25) is 5.78 Å². The number of primary amides is 1. The van der Waals surface area contributed by atoms with Crippen molar-refractivity contribution >= 4 is 23.2 Å². The predicted octanol–water partition coefficient (Wildman–Crippen LogP) is 3.39. The Morgan fingerprint density at radius 2 is 1.59 bits per heavy atom. The van der Waals surface area contributed by atoms with Crippen LogP contribution in [-0.4, -0.2) is 50.6 Å². The molecule has 7 N–H and O–H groups in total. The lowest BCUT2D eigenvalue weighted by atomic mass is 9.59. The zero-order chi connectivity index (χ0) is 31.3. The van der Waals surface area contributed by atoms with Crippen molar-refractivity contribution in [3.05, 3.63) is 99.8 Å². The number of ether oxygens (including phenoxy) is 1. The number of aromatic hydroxyl groups is 1. The van der Waals surface area contributed by atoms with Crippen LogP contribution < -0.4 is 15.8 Å². The van der Waals surface area contributed by atoms with Gasteiger partial charge in [0.05, 0.1) is 12.7 Å². The van der Waals surface area contributed by atoms with Gasteiger partial charge in [0.1, 0.15) is 28.6 Å². The fourth-order valence-electron chi connectivity index (χ4n) is 6.79. The summed E-state index contributed by atoms with van der Waals surface area (Å²) >= 11 is 0. The number of carbonyl (C=O) groups excluding carboxylic acids is 3. The summed E-state index contributed by atoms with van der Waals surface area (Å²) in [6.45, 7) is 1.32. The molecule has 3 aromatic rings. The Morgan fingerprint density at radius 1 is 0.955 bits per heavy atom. The number of methoxy groups -OCH3 is 1. The van der Waals surface area contributed by atoms with E-state index in [2.05, 4.69) is 5.32 Å². The maximum Gasteiger partial charge on any atom is 0.255 e. The normalized spacial score (nSPS) is 22.8. The van der Waals surface area contributed by atoms with Crippen molar-refractivity contribution in [3.8, 4) is 22.6 Å². The van der Waals surface area contributed by atoms with Crippen LogP contribution in [0.5, 0.6) is 11.5 Å². The highest BCUT2D eigenvalue weighted by Crippen LogP contribution is 2.53. The van der Waals surface area contributed by atoms with Gasteiger partial charge in [0.15, 0.2) is 11.4 Å². The fourth-order valence-corrected chi connectivity index (χ4v) is 6.79. The Hall–Kier alpha value is -4.93. The lowest BCUT2D eigenvalue weighted by Crippen LogP contribution is -2.58. The maximum absolute atomic E-state index is 13.7. The number of phenolic OH excluding ortho intramolecular Hbond substituents is 1. The van der Waals surface area contributed by atoms with Crippen molar-refractivity contribution in [3.63, 3.8) is 0 Å². The van der Waals surface area contributed by atoms with Gasteiger partial charge in [-0.05, 0) is 64.8 Å². The van der Waals surface area contributed by atoms with E-state index in [1.807, 2.05) is 48.5 Å². The first-order valence-electron chi connectivity index (χ1n) is 14.3. The summed E-state index contributed by atoms with van der Waals surface area (Å²) in [7, 11) is 1.63. The highest BCUT2D eigenvalue weighted by Gasteiger charge is 2.60. The van der Waals surface area contributed by atoms with Crippen LogP contribution in [0.1, 0.15) is 35.1 Å². The van der Waals surface area contributed by atoms with E-state index in [0.29, 0.717) is 18.7 Å². The molecular weight excluding hydrogens is 564 g/mol. The number of fused-ring (bicyclic) bond motifs is 3. The molecule has 3 aliphatic rings. The van der Waals surface area contributed by atoms with E-state index in [1.165, 1.54) is 6.07 Å². The predicted molar refractivity (Wildman–Crippen MR) is 160 cm³/mol. The van der Waals surface area contributed by atoms with Crippen LogP contribution in [0.25, 0.3) is 16.9 Å². The van der Waals surface area contributed by atoms with Crippen LogP contribution in [0.4, 0.5) is 0 Å². The minimum absolute atomic E-state index is 0.0693. The van der Waals surface area contributed by atoms with E-state index < -0.39 is 52.0 Å². The van der Waals surface area contributed by atoms with E-state index >= 15 is 0 Å². The molecule has 10 nitrogen and oxygen atoms in total. The number of hydrogen-bond acceptors (Lipinski definition) is 9. The molecule has 1 saturated carbocycles.